The van der Waals surface area contributed by atoms with Gasteiger partial charge in [-0.25, -0.2) is 4.99 Å². The molecule has 0 fully saturated rings. The molecular formula is C11H12N4OS. The molecule has 0 atom stereocenters. The third-order valence-corrected chi connectivity index (χ3v) is 2.64. The number of carbonyl (C=O) groups excluding carboxylic acids is 1. The van der Waals surface area contributed by atoms with Crippen molar-refractivity contribution >= 4 is 28.5 Å². The van der Waals surface area contributed by atoms with Crippen LogP contribution in [0.25, 0.3) is 0 Å². The number of benzene rings is 1. The average molecular weight is 248 g/mol. The first-order valence-electron chi connectivity index (χ1n) is 4.76. The van der Waals surface area contributed by atoms with Crippen molar-refractivity contribution in [2.45, 2.75) is 6.92 Å². The highest BCUT2D eigenvalue weighted by atomic mass is 32.2. The molecular weight excluding hydrogens is 236 g/mol. The number of hydrogen-bond donors (Lipinski definition) is 2. The lowest BCUT2D eigenvalue weighted by Crippen LogP contribution is -2.13. The molecule has 0 radical (unpaired) electrons. The van der Waals surface area contributed by atoms with Gasteiger partial charge in [-0.05, 0) is 36.9 Å². The Kier molecular flexibility index (Phi) is 4.55. The number of primary amides is 1. The number of nitriles is 1. The Morgan fingerprint density at radius 3 is 2.76 bits per heavy atom. The van der Waals surface area contributed by atoms with Crippen LogP contribution in [-0.4, -0.2) is 17.3 Å². The Balaban J connectivity index is 3.08. The monoisotopic (exact) mass is 248 g/mol. The fourth-order valence-electron chi connectivity index (χ4n) is 1.22. The van der Waals surface area contributed by atoms with Crippen molar-refractivity contribution in [3.05, 3.63) is 29.3 Å². The molecule has 0 aliphatic carbocycles. The van der Waals surface area contributed by atoms with Gasteiger partial charge in [-0.2, -0.15) is 5.26 Å². The van der Waals surface area contributed by atoms with E-state index in [0.717, 1.165) is 5.56 Å². The lowest BCUT2D eigenvalue weighted by Gasteiger charge is -2.04. The first-order chi connectivity index (χ1) is 8.08. The van der Waals surface area contributed by atoms with Gasteiger partial charge in [0.25, 0.3) is 0 Å². The number of nitrogens with two attached hydrogens (primary N) is 1. The van der Waals surface area contributed by atoms with Crippen LogP contribution < -0.4 is 11.1 Å². The van der Waals surface area contributed by atoms with Crippen molar-refractivity contribution in [3.8, 4) is 6.19 Å². The van der Waals surface area contributed by atoms with Gasteiger partial charge in [0.15, 0.2) is 11.4 Å². The van der Waals surface area contributed by atoms with Gasteiger partial charge in [-0.1, -0.05) is 11.8 Å². The van der Waals surface area contributed by atoms with Crippen molar-refractivity contribution in [2.75, 3.05) is 6.26 Å². The number of carbonyl (C=O) groups is 1. The minimum atomic E-state index is -0.469. The molecule has 0 aliphatic rings. The summed E-state index contributed by atoms with van der Waals surface area (Å²) in [5.74, 6) is -0.469. The zero-order valence-corrected chi connectivity index (χ0v) is 10.3. The van der Waals surface area contributed by atoms with Crippen LogP contribution in [-0.2, 0) is 0 Å². The van der Waals surface area contributed by atoms with Crippen LogP contribution in [0.3, 0.4) is 0 Å². The minimum absolute atomic E-state index is 0.445. The molecule has 0 spiro atoms. The second kappa shape index (κ2) is 5.92. The van der Waals surface area contributed by atoms with Gasteiger partial charge in [0.2, 0.25) is 5.91 Å². The fourth-order valence-corrected chi connectivity index (χ4v) is 1.55. The highest BCUT2D eigenvalue weighted by Gasteiger charge is 2.04. The topological polar surface area (TPSA) is 91.3 Å². The van der Waals surface area contributed by atoms with E-state index < -0.39 is 5.91 Å². The molecule has 88 valence electrons. The van der Waals surface area contributed by atoms with Gasteiger partial charge in [-0.3, -0.25) is 10.1 Å². The lowest BCUT2D eigenvalue weighted by atomic mass is 10.1. The summed E-state index contributed by atoms with van der Waals surface area (Å²) < 4.78 is 0. The first-order valence-corrected chi connectivity index (χ1v) is 5.99. The lowest BCUT2D eigenvalue weighted by molar-refractivity contribution is 0.1000. The summed E-state index contributed by atoms with van der Waals surface area (Å²) in [5.41, 5.74) is 7.14. The van der Waals surface area contributed by atoms with E-state index in [-0.39, 0.29) is 0 Å². The summed E-state index contributed by atoms with van der Waals surface area (Å²) in [6.45, 7) is 1.83. The van der Waals surface area contributed by atoms with Crippen molar-refractivity contribution in [2.24, 2.45) is 10.7 Å². The van der Waals surface area contributed by atoms with E-state index in [4.69, 9.17) is 11.0 Å². The maximum Gasteiger partial charge on any atom is 0.248 e. The number of nitrogens with zero attached hydrogens (tertiary/aromatic N) is 2. The minimum Gasteiger partial charge on any atom is -0.366 e. The van der Waals surface area contributed by atoms with Crippen molar-refractivity contribution in [3.63, 3.8) is 0 Å². The highest BCUT2D eigenvalue weighted by Crippen LogP contribution is 2.20. The van der Waals surface area contributed by atoms with Crippen LogP contribution in [0.5, 0.6) is 0 Å². The number of aryl methyl sites for hydroxylation is 1. The standard InChI is InChI=1S/C11H12N4OS/c1-7-5-8(10(13)16)3-4-9(7)15-11(17-2)14-6-12/h3-5H,1-2H3,(H2,13,16)(H,14,15). The predicted octanol–water partition coefficient (Wildman–Crippen LogP) is 1.52. The molecule has 1 aromatic rings. The third kappa shape index (κ3) is 3.50. The van der Waals surface area contributed by atoms with Crippen LogP contribution in [0.2, 0.25) is 0 Å². The normalized spacial score (nSPS) is 10.8. The Morgan fingerprint density at radius 1 is 1.59 bits per heavy atom. The smallest absolute Gasteiger partial charge is 0.248 e. The Morgan fingerprint density at radius 2 is 2.29 bits per heavy atom. The summed E-state index contributed by atoms with van der Waals surface area (Å²) in [6.07, 6.45) is 3.63. The van der Waals surface area contributed by atoms with Crippen LogP contribution >= 0.6 is 11.8 Å². The zero-order valence-electron chi connectivity index (χ0n) is 9.52. The maximum absolute atomic E-state index is 11.0. The van der Waals surface area contributed by atoms with Gasteiger partial charge in [0.05, 0.1) is 5.69 Å². The molecule has 0 heterocycles. The van der Waals surface area contributed by atoms with Crippen molar-refractivity contribution in [1.29, 1.82) is 5.26 Å². The second-order valence-corrected chi connectivity index (χ2v) is 4.02. The van der Waals surface area contributed by atoms with E-state index in [9.17, 15) is 4.79 Å². The molecule has 5 nitrogen and oxygen atoms in total. The van der Waals surface area contributed by atoms with Crippen LogP contribution in [0.1, 0.15) is 15.9 Å². The van der Waals surface area contributed by atoms with E-state index in [2.05, 4.69) is 10.3 Å². The molecule has 0 aromatic heterocycles. The molecule has 6 heteroatoms. The third-order valence-electron chi connectivity index (χ3n) is 2.06. The van der Waals surface area contributed by atoms with Crippen molar-refractivity contribution < 1.29 is 4.79 Å². The molecule has 0 unspecified atom stereocenters. The fraction of sp³-hybridized carbons (Fsp3) is 0.182. The Hall–Kier alpha value is -2.00. The largest absolute Gasteiger partial charge is 0.366 e. The van der Waals surface area contributed by atoms with E-state index in [1.807, 2.05) is 19.4 Å². The molecule has 1 aromatic carbocycles. The second-order valence-electron chi connectivity index (χ2n) is 3.22. The molecule has 1 amide bonds. The summed E-state index contributed by atoms with van der Waals surface area (Å²) in [7, 11) is 0. The van der Waals surface area contributed by atoms with E-state index in [0.29, 0.717) is 16.4 Å². The molecule has 1 rings (SSSR count). The summed E-state index contributed by atoms with van der Waals surface area (Å²) in [5, 5.41) is 11.5. The molecule has 3 N–H and O–H groups in total. The van der Waals surface area contributed by atoms with Gasteiger partial charge in [0, 0.05) is 5.56 Å². The van der Waals surface area contributed by atoms with Gasteiger partial charge >= 0.3 is 0 Å². The van der Waals surface area contributed by atoms with Crippen molar-refractivity contribution in [1.82, 2.24) is 5.32 Å². The number of amides is 1. The summed E-state index contributed by atoms with van der Waals surface area (Å²) >= 11 is 1.33. The van der Waals surface area contributed by atoms with Crippen LogP contribution in [0.4, 0.5) is 5.69 Å². The van der Waals surface area contributed by atoms with E-state index >= 15 is 0 Å². The number of rotatable bonds is 2. The first kappa shape index (κ1) is 13.1. The Bertz CT molecular complexity index is 505. The average Bonchev–Trinajstić information content (AvgIpc) is 2.30. The number of aliphatic imine (C=N–C) groups is 1. The molecule has 0 aliphatic heterocycles. The quantitative estimate of drug-likeness (QED) is 0.359. The molecule has 0 saturated heterocycles. The number of hydrogen-bond acceptors (Lipinski definition) is 4. The molecule has 17 heavy (non-hydrogen) atoms. The number of nitrogens with one attached hydrogen (secondary N) is 1. The molecule has 0 saturated carbocycles. The van der Waals surface area contributed by atoms with Gasteiger partial charge in [-0.15, -0.1) is 0 Å². The van der Waals surface area contributed by atoms with E-state index in [1.54, 1.807) is 18.2 Å². The predicted molar refractivity (Wildman–Crippen MR) is 69.1 cm³/mol. The van der Waals surface area contributed by atoms with Crippen LogP contribution in [0, 0.1) is 18.4 Å². The number of amidine groups is 1. The van der Waals surface area contributed by atoms with Gasteiger partial charge < -0.3 is 5.73 Å². The van der Waals surface area contributed by atoms with Crippen LogP contribution in [0.15, 0.2) is 23.2 Å². The van der Waals surface area contributed by atoms with E-state index in [1.165, 1.54) is 11.8 Å². The Labute approximate surface area is 104 Å². The van der Waals surface area contributed by atoms with Gasteiger partial charge in [0.1, 0.15) is 0 Å². The summed E-state index contributed by atoms with van der Waals surface area (Å²) in [4.78, 5) is 15.2. The number of thioether (sulfide) groups is 1. The maximum atomic E-state index is 11.0. The SMILES string of the molecule is CSC(=Nc1ccc(C(N)=O)cc1C)NC#N. The zero-order chi connectivity index (χ0) is 12.8. The highest BCUT2D eigenvalue weighted by molar-refractivity contribution is 8.13. The molecule has 0 bridgehead atoms. The summed E-state index contributed by atoms with van der Waals surface area (Å²) in [6, 6.07) is 4.98.